The maximum absolute atomic E-state index is 14.7. The molecule has 0 spiro atoms. The summed E-state index contributed by atoms with van der Waals surface area (Å²) in [6.07, 6.45) is -2.91. The highest BCUT2D eigenvalue weighted by Gasteiger charge is 2.31. The molecule has 0 bridgehead atoms. The SMILES string of the molecule is CCCc1cc(OCc2cc(OC(F)(F)F)cc3cc(CC)oc23)c(F)cc1CCC(=O)O. The lowest BCUT2D eigenvalue weighted by Gasteiger charge is -2.14. The molecule has 0 atom stereocenters. The molecule has 0 saturated carbocycles. The van der Waals surface area contributed by atoms with Crippen molar-refractivity contribution in [2.45, 2.75) is 58.9 Å². The maximum Gasteiger partial charge on any atom is 0.573 e. The van der Waals surface area contributed by atoms with Crippen molar-refractivity contribution in [3.05, 3.63) is 58.6 Å². The average molecular weight is 468 g/mol. The van der Waals surface area contributed by atoms with E-state index in [1.165, 1.54) is 18.2 Å². The minimum atomic E-state index is -4.87. The first-order chi connectivity index (χ1) is 15.6. The molecule has 0 saturated heterocycles. The molecule has 0 amide bonds. The van der Waals surface area contributed by atoms with Crippen molar-refractivity contribution in [1.82, 2.24) is 0 Å². The standard InChI is InChI=1S/C24H24F4O5/c1-3-5-14-12-21(20(25)11-15(14)6-7-22(29)30)31-13-17-10-19(33-24(26,27)28)9-16-8-18(4-2)32-23(16)17/h8-12H,3-7,13H2,1-2H3,(H,29,30). The number of hydrogen-bond donors (Lipinski definition) is 1. The number of carboxylic acid groups (broad SMARTS) is 1. The Labute approximate surface area is 187 Å². The Morgan fingerprint density at radius 2 is 1.76 bits per heavy atom. The summed E-state index contributed by atoms with van der Waals surface area (Å²) in [4.78, 5) is 10.9. The van der Waals surface area contributed by atoms with E-state index in [4.69, 9.17) is 14.3 Å². The van der Waals surface area contributed by atoms with Gasteiger partial charge >= 0.3 is 12.3 Å². The van der Waals surface area contributed by atoms with Crippen LogP contribution in [0.3, 0.4) is 0 Å². The van der Waals surface area contributed by atoms with Gasteiger partial charge in [0, 0.05) is 23.8 Å². The van der Waals surface area contributed by atoms with Crippen LogP contribution in [-0.2, 0) is 30.7 Å². The number of hydrogen-bond acceptors (Lipinski definition) is 4. The second-order valence-corrected chi connectivity index (χ2v) is 7.60. The van der Waals surface area contributed by atoms with Gasteiger partial charge in [-0.15, -0.1) is 13.2 Å². The first-order valence-corrected chi connectivity index (χ1v) is 10.6. The fraction of sp³-hybridized carbons (Fsp3) is 0.375. The number of rotatable bonds is 10. The predicted octanol–water partition coefficient (Wildman–Crippen LogP) is 6.58. The van der Waals surface area contributed by atoms with Crippen LogP contribution >= 0.6 is 0 Å². The first-order valence-electron chi connectivity index (χ1n) is 10.6. The zero-order valence-electron chi connectivity index (χ0n) is 18.2. The van der Waals surface area contributed by atoms with Crippen molar-refractivity contribution in [2.24, 2.45) is 0 Å². The Morgan fingerprint density at radius 3 is 2.39 bits per heavy atom. The molecule has 5 nitrogen and oxygen atoms in total. The summed E-state index contributed by atoms with van der Waals surface area (Å²) in [6.45, 7) is 3.53. The molecule has 1 aromatic heterocycles. The van der Waals surface area contributed by atoms with Crippen molar-refractivity contribution in [1.29, 1.82) is 0 Å². The van der Waals surface area contributed by atoms with E-state index in [-0.39, 0.29) is 30.8 Å². The first kappa shape index (κ1) is 24.4. The van der Waals surface area contributed by atoms with E-state index in [2.05, 4.69) is 4.74 Å². The summed E-state index contributed by atoms with van der Waals surface area (Å²) >= 11 is 0. The second kappa shape index (κ2) is 10.1. The molecule has 0 fully saturated rings. The van der Waals surface area contributed by atoms with Crippen LogP contribution in [0.15, 0.2) is 34.7 Å². The number of halogens is 4. The fourth-order valence-corrected chi connectivity index (χ4v) is 3.60. The number of furan rings is 1. The maximum atomic E-state index is 14.7. The van der Waals surface area contributed by atoms with Gasteiger partial charge < -0.3 is 19.0 Å². The Kier molecular flexibility index (Phi) is 7.50. The van der Waals surface area contributed by atoms with Gasteiger partial charge in [0.1, 0.15) is 23.7 Å². The normalized spacial score (nSPS) is 11.7. The average Bonchev–Trinajstić information content (AvgIpc) is 3.14. The van der Waals surface area contributed by atoms with E-state index in [0.29, 0.717) is 35.1 Å². The van der Waals surface area contributed by atoms with Crippen molar-refractivity contribution in [3.63, 3.8) is 0 Å². The summed E-state index contributed by atoms with van der Waals surface area (Å²) in [5, 5.41) is 9.34. The Hall–Kier alpha value is -3.23. The highest BCUT2D eigenvalue weighted by atomic mass is 19.4. The van der Waals surface area contributed by atoms with Gasteiger partial charge in [0.15, 0.2) is 11.6 Å². The van der Waals surface area contributed by atoms with E-state index in [1.807, 2.05) is 13.8 Å². The zero-order chi connectivity index (χ0) is 24.2. The lowest BCUT2D eigenvalue weighted by molar-refractivity contribution is -0.274. The van der Waals surface area contributed by atoms with Crippen molar-refractivity contribution in [3.8, 4) is 11.5 Å². The van der Waals surface area contributed by atoms with Crippen LogP contribution in [0.2, 0.25) is 0 Å². The predicted molar refractivity (Wildman–Crippen MR) is 113 cm³/mol. The molecular formula is C24H24F4O5. The Balaban J connectivity index is 1.91. The van der Waals surface area contributed by atoms with Gasteiger partial charge in [-0.05, 0) is 54.3 Å². The molecule has 0 aliphatic heterocycles. The van der Waals surface area contributed by atoms with Gasteiger partial charge in [-0.2, -0.15) is 0 Å². The Bertz CT molecular complexity index is 1130. The third-order valence-corrected chi connectivity index (χ3v) is 5.06. The third-order valence-electron chi connectivity index (χ3n) is 5.06. The molecular weight excluding hydrogens is 444 g/mol. The number of carboxylic acids is 1. The lowest BCUT2D eigenvalue weighted by Crippen LogP contribution is -2.17. The van der Waals surface area contributed by atoms with E-state index < -0.39 is 23.9 Å². The van der Waals surface area contributed by atoms with Gasteiger partial charge in [0.25, 0.3) is 0 Å². The summed E-state index contributed by atoms with van der Waals surface area (Å²) in [5.74, 6) is -1.58. The van der Waals surface area contributed by atoms with Crippen LogP contribution in [-0.4, -0.2) is 17.4 Å². The topological polar surface area (TPSA) is 68.9 Å². The monoisotopic (exact) mass is 468 g/mol. The van der Waals surface area contributed by atoms with Gasteiger partial charge in [-0.3, -0.25) is 4.79 Å². The van der Waals surface area contributed by atoms with E-state index in [9.17, 15) is 22.4 Å². The molecule has 1 N–H and O–H groups in total. The number of benzene rings is 2. The van der Waals surface area contributed by atoms with Crippen LogP contribution in [0, 0.1) is 5.82 Å². The molecule has 2 aromatic carbocycles. The molecule has 0 unspecified atom stereocenters. The number of aliphatic carboxylic acids is 1. The fourth-order valence-electron chi connectivity index (χ4n) is 3.60. The number of ether oxygens (including phenoxy) is 2. The van der Waals surface area contributed by atoms with Gasteiger partial charge in [-0.25, -0.2) is 4.39 Å². The minimum Gasteiger partial charge on any atom is -0.486 e. The van der Waals surface area contributed by atoms with Crippen LogP contribution in [0.25, 0.3) is 11.0 Å². The van der Waals surface area contributed by atoms with E-state index in [1.54, 1.807) is 6.07 Å². The highest BCUT2D eigenvalue weighted by molar-refractivity contribution is 5.83. The molecule has 0 aliphatic carbocycles. The van der Waals surface area contributed by atoms with Crippen LogP contribution in [0.4, 0.5) is 17.6 Å². The number of fused-ring (bicyclic) bond motifs is 1. The molecule has 0 radical (unpaired) electrons. The van der Waals surface area contributed by atoms with Gasteiger partial charge in [-0.1, -0.05) is 20.3 Å². The largest absolute Gasteiger partial charge is 0.573 e. The summed E-state index contributed by atoms with van der Waals surface area (Å²) in [6, 6.07) is 6.78. The molecule has 3 rings (SSSR count). The Morgan fingerprint density at radius 1 is 1.03 bits per heavy atom. The molecule has 1 heterocycles. The van der Waals surface area contributed by atoms with Gasteiger partial charge in [0.05, 0.1) is 0 Å². The van der Waals surface area contributed by atoms with E-state index in [0.717, 1.165) is 18.1 Å². The summed E-state index contributed by atoms with van der Waals surface area (Å²) in [5.41, 5.74) is 1.97. The highest BCUT2D eigenvalue weighted by Crippen LogP contribution is 2.33. The smallest absolute Gasteiger partial charge is 0.486 e. The zero-order valence-corrected chi connectivity index (χ0v) is 18.2. The minimum absolute atomic E-state index is 0.0740. The van der Waals surface area contributed by atoms with Crippen LogP contribution in [0.5, 0.6) is 11.5 Å². The van der Waals surface area contributed by atoms with E-state index >= 15 is 0 Å². The van der Waals surface area contributed by atoms with Crippen molar-refractivity contribution in [2.75, 3.05) is 0 Å². The van der Waals surface area contributed by atoms with Crippen LogP contribution < -0.4 is 9.47 Å². The van der Waals surface area contributed by atoms with Crippen molar-refractivity contribution < 1.29 is 41.4 Å². The summed E-state index contributed by atoms with van der Waals surface area (Å²) < 4.78 is 68.4. The molecule has 3 aromatic rings. The number of carbonyl (C=O) groups is 1. The number of alkyl halides is 3. The van der Waals surface area contributed by atoms with Crippen LogP contribution in [0.1, 0.15) is 49.1 Å². The quantitative estimate of drug-likeness (QED) is 0.340. The second-order valence-electron chi connectivity index (χ2n) is 7.60. The number of aryl methyl sites for hydroxylation is 3. The molecule has 0 aliphatic rings. The van der Waals surface area contributed by atoms with Gasteiger partial charge in [0.2, 0.25) is 0 Å². The third kappa shape index (κ3) is 6.40. The molecule has 178 valence electrons. The summed E-state index contributed by atoms with van der Waals surface area (Å²) in [7, 11) is 0. The molecule has 9 heteroatoms. The molecule has 33 heavy (non-hydrogen) atoms. The lowest BCUT2D eigenvalue weighted by atomic mass is 9.98. The van der Waals surface area contributed by atoms with Crippen molar-refractivity contribution >= 4 is 16.9 Å².